The molecule has 0 radical (unpaired) electrons. The molecule has 0 atom stereocenters. The number of rotatable bonds is 4. The molecule has 1 aromatic rings. The molecule has 1 aromatic carbocycles. The van der Waals surface area contributed by atoms with Crippen LogP contribution in [-0.4, -0.2) is 20.7 Å². The van der Waals surface area contributed by atoms with E-state index in [4.69, 9.17) is 5.73 Å². The summed E-state index contributed by atoms with van der Waals surface area (Å²) in [7, 11) is -3.41. The molecule has 84 valence electrons. The largest absolute Gasteiger partial charge is 0.329 e. The van der Waals surface area contributed by atoms with Crippen LogP contribution < -0.4 is 5.73 Å². The van der Waals surface area contributed by atoms with Gasteiger partial charge in [-0.2, -0.15) is 0 Å². The van der Waals surface area contributed by atoms with Crippen molar-refractivity contribution in [3.05, 3.63) is 35.4 Å². The van der Waals surface area contributed by atoms with Crippen molar-refractivity contribution in [2.45, 2.75) is 5.75 Å². The van der Waals surface area contributed by atoms with E-state index in [1.807, 2.05) is 0 Å². The zero-order chi connectivity index (χ0) is 11.5. The van der Waals surface area contributed by atoms with Crippen LogP contribution in [0, 0.1) is 11.6 Å². The van der Waals surface area contributed by atoms with Crippen LogP contribution in [0.1, 0.15) is 5.56 Å². The lowest BCUT2D eigenvalue weighted by Crippen LogP contribution is -2.17. The number of halogens is 2. The van der Waals surface area contributed by atoms with Crippen molar-refractivity contribution in [3.8, 4) is 0 Å². The molecular weight excluding hydrogens is 224 g/mol. The van der Waals surface area contributed by atoms with Gasteiger partial charge in [-0.25, -0.2) is 17.2 Å². The van der Waals surface area contributed by atoms with Gasteiger partial charge in [-0.3, -0.25) is 0 Å². The number of hydrogen-bond donors (Lipinski definition) is 1. The van der Waals surface area contributed by atoms with Crippen LogP contribution in [0.4, 0.5) is 8.78 Å². The van der Waals surface area contributed by atoms with E-state index in [0.717, 1.165) is 12.1 Å². The molecule has 0 fully saturated rings. The fourth-order valence-electron chi connectivity index (χ4n) is 1.13. The monoisotopic (exact) mass is 235 g/mol. The average molecular weight is 235 g/mol. The van der Waals surface area contributed by atoms with Crippen LogP contribution in [0.2, 0.25) is 0 Å². The Morgan fingerprint density at radius 2 is 1.93 bits per heavy atom. The number of benzene rings is 1. The minimum absolute atomic E-state index is 0.00878. The first kappa shape index (κ1) is 12.1. The molecule has 0 unspecified atom stereocenters. The van der Waals surface area contributed by atoms with E-state index < -0.39 is 27.2 Å². The molecule has 0 heterocycles. The normalized spacial score (nSPS) is 11.7. The van der Waals surface area contributed by atoms with Gasteiger partial charge in [-0.15, -0.1) is 0 Å². The third-order valence-electron chi connectivity index (χ3n) is 1.82. The minimum Gasteiger partial charge on any atom is -0.329 e. The fourth-order valence-corrected chi connectivity index (χ4v) is 2.34. The number of sulfone groups is 1. The highest BCUT2D eigenvalue weighted by molar-refractivity contribution is 7.90. The highest BCUT2D eigenvalue weighted by Crippen LogP contribution is 2.13. The maximum atomic E-state index is 13.1. The van der Waals surface area contributed by atoms with E-state index in [-0.39, 0.29) is 17.9 Å². The zero-order valence-corrected chi connectivity index (χ0v) is 8.73. The first-order chi connectivity index (χ1) is 6.94. The van der Waals surface area contributed by atoms with Crippen LogP contribution >= 0.6 is 0 Å². The molecule has 0 spiro atoms. The maximum absolute atomic E-state index is 13.1. The van der Waals surface area contributed by atoms with E-state index >= 15 is 0 Å². The molecule has 0 saturated carbocycles. The minimum atomic E-state index is -3.41. The summed E-state index contributed by atoms with van der Waals surface area (Å²) in [6.45, 7) is -0.00878. The molecule has 0 aromatic heterocycles. The summed E-state index contributed by atoms with van der Waals surface area (Å²) in [6, 6.07) is 2.81. The Labute approximate surface area is 86.8 Å². The number of hydrogen-bond acceptors (Lipinski definition) is 3. The topological polar surface area (TPSA) is 60.2 Å². The molecule has 2 N–H and O–H groups in total. The lowest BCUT2D eigenvalue weighted by Gasteiger charge is -2.04. The van der Waals surface area contributed by atoms with E-state index in [1.165, 1.54) is 0 Å². The van der Waals surface area contributed by atoms with E-state index in [2.05, 4.69) is 0 Å². The van der Waals surface area contributed by atoms with Crippen molar-refractivity contribution in [1.82, 2.24) is 0 Å². The summed E-state index contributed by atoms with van der Waals surface area (Å²) in [4.78, 5) is 0. The predicted octanol–water partition coefficient (Wildman–Crippen LogP) is 0.838. The Balaban J connectivity index is 2.90. The van der Waals surface area contributed by atoms with Gasteiger partial charge >= 0.3 is 0 Å². The van der Waals surface area contributed by atoms with Crippen molar-refractivity contribution in [2.75, 3.05) is 12.3 Å². The highest BCUT2D eigenvalue weighted by Gasteiger charge is 2.14. The van der Waals surface area contributed by atoms with Gasteiger partial charge in [0.15, 0.2) is 9.84 Å². The van der Waals surface area contributed by atoms with Gasteiger partial charge in [0.1, 0.15) is 11.6 Å². The summed E-state index contributed by atoms with van der Waals surface area (Å²) in [5, 5.41) is 0. The van der Waals surface area contributed by atoms with Crippen molar-refractivity contribution >= 4 is 9.84 Å². The second-order valence-electron chi connectivity index (χ2n) is 3.12. The van der Waals surface area contributed by atoms with Crippen LogP contribution in [-0.2, 0) is 15.6 Å². The Bertz CT molecular complexity index is 445. The third-order valence-corrected chi connectivity index (χ3v) is 3.43. The van der Waals surface area contributed by atoms with Gasteiger partial charge in [0.05, 0.1) is 11.5 Å². The van der Waals surface area contributed by atoms with Crippen molar-refractivity contribution in [1.29, 1.82) is 0 Å². The molecule has 0 aliphatic rings. The van der Waals surface area contributed by atoms with E-state index in [0.29, 0.717) is 6.07 Å². The summed E-state index contributed by atoms with van der Waals surface area (Å²) in [6.07, 6.45) is 0. The summed E-state index contributed by atoms with van der Waals surface area (Å²) >= 11 is 0. The molecule has 0 aliphatic carbocycles. The fraction of sp³-hybridized carbons (Fsp3) is 0.333. The van der Waals surface area contributed by atoms with Crippen LogP contribution in [0.3, 0.4) is 0 Å². The maximum Gasteiger partial charge on any atom is 0.155 e. The molecule has 3 nitrogen and oxygen atoms in total. The summed E-state index contributed by atoms with van der Waals surface area (Å²) < 4.78 is 48.2. The van der Waals surface area contributed by atoms with E-state index in [1.54, 1.807) is 0 Å². The first-order valence-corrected chi connectivity index (χ1v) is 6.11. The lowest BCUT2D eigenvalue weighted by atomic mass is 10.2. The van der Waals surface area contributed by atoms with Crippen LogP contribution in [0.25, 0.3) is 0 Å². The van der Waals surface area contributed by atoms with Gasteiger partial charge in [-0.05, 0) is 6.07 Å². The predicted molar refractivity (Wildman–Crippen MR) is 52.9 cm³/mol. The highest BCUT2D eigenvalue weighted by atomic mass is 32.2. The standard InChI is InChI=1S/C9H11F2NO2S/c10-8-2-1-7(9(11)5-8)6-15(13,14)4-3-12/h1-2,5H,3-4,6,12H2. The van der Waals surface area contributed by atoms with Crippen molar-refractivity contribution < 1.29 is 17.2 Å². The molecule has 0 amide bonds. The first-order valence-electron chi connectivity index (χ1n) is 4.29. The van der Waals surface area contributed by atoms with Crippen LogP contribution in [0.5, 0.6) is 0 Å². The SMILES string of the molecule is NCCS(=O)(=O)Cc1ccc(F)cc1F. The second kappa shape index (κ2) is 4.67. The molecular formula is C9H11F2NO2S. The molecule has 0 bridgehead atoms. The van der Waals surface area contributed by atoms with Gasteiger partial charge in [-0.1, -0.05) is 6.07 Å². The van der Waals surface area contributed by atoms with Crippen molar-refractivity contribution in [2.24, 2.45) is 5.73 Å². The molecule has 1 rings (SSSR count). The Hall–Kier alpha value is -1.01. The van der Waals surface area contributed by atoms with E-state index in [9.17, 15) is 17.2 Å². The molecule has 0 aliphatic heterocycles. The molecule has 6 heteroatoms. The molecule has 0 saturated heterocycles. The quantitative estimate of drug-likeness (QED) is 0.841. The Kier molecular flexibility index (Phi) is 3.76. The van der Waals surface area contributed by atoms with Crippen molar-refractivity contribution in [3.63, 3.8) is 0 Å². The number of nitrogens with two attached hydrogens (primary N) is 1. The average Bonchev–Trinajstić information content (AvgIpc) is 2.09. The lowest BCUT2D eigenvalue weighted by molar-refractivity contribution is 0.569. The third kappa shape index (κ3) is 3.56. The second-order valence-corrected chi connectivity index (χ2v) is 5.30. The van der Waals surface area contributed by atoms with Gasteiger partial charge in [0, 0.05) is 18.2 Å². The van der Waals surface area contributed by atoms with Crippen LogP contribution in [0.15, 0.2) is 18.2 Å². The smallest absolute Gasteiger partial charge is 0.155 e. The zero-order valence-electron chi connectivity index (χ0n) is 7.91. The van der Waals surface area contributed by atoms with Gasteiger partial charge < -0.3 is 5.73 Å². The Morgan fingerprint density at radius 3 is 2.47 bits per heavy atom. The summed E-state index contributed by atoms with van der Waals surface area (Å²) in [5.74, 6) is -2.23. The molecule has 15 heavy (non-hydrogen) atoms. The summed E-state index contributed by atoms with van der Waals surface area (Å²) in [5.41, 5.74) is 5.06. The van der Waals surface area contributed by atoms with Gasteiger partial charge in [0.25, 0.3) is 0 Å². The van der Waals surface area contributed by atoms with Gasteiger partial charge in [0.2, 0.25) is 0 Å². The Morgan fingerprint density at radius 1 is 1.27 bits per heavy atom.